The van der Waals surface area contributed by atoms with Crippen LogP contribution in [0.5, 0.6) is 0 Å². The molecule has 8 nitrogen and oxygen atoms in total. The lowest BCUT2D eigenvalue weighted by Gasteiger charge is -2.37. The quantitative estimate of drug-likeness (QED) is 0.633. The first-order valence-corrected chi connectivity index (χ1v) is 14.2. The molecule has 2 aromatic rings. The standard InChI is InChI=1S/C23H29N3O5S2/c1-18-3-9-22(10-4-18)33(30,31)24(2)20-7-5-19(6-8-20)23(27)26-14-12-25(13-15-26)21-11-16-32(28,29)17-21/h3-10,21H,11-17H2,1-2H3/t21-/m0/s1. The minimum atomic E-state index is -3.70. The lowest BCUT2D eigenvalue weighted by Crippen LogP contribution is -2.52. The van der Waals surface area contributed by atoms with E-state index in [4.69, 9.17) is 0 Å². The maximum Gasteiger partial charge on any atom is 0.264 e. The van der Waals surface area contributed by atoms with Gasteiger partial charge in [-0.15, -0.1) is 0 Å². The van der Waals surface area contributed by atoms with Gasteiger partial charge in [-0.3, -0.25) is 14.0 Å². The van der Waals surface area contributed by atoms with E-state index in [0.29, 0.717) is 43.9 Å². The SMILES string of the molecule is Cc1ccc(S(=O)(=O)N(C)c2ccc(C(=O)N3CCN([C@H]4CCS(=O)(=O)C4)CC3)cc2)cc1. The zero-order valence-electron chi connectivity index (χ0n) is 18.8. The maximum absolute atomic E-state index is 12.9. The van der Waals surface area contributed by atoms with Crippen LogP contribution in [0.15, 0.2) is 53.4 Å². The number of hydrogen-bond acceptors (Lipinski definition) is 6. The van der Waals surface area contributed by atoms with Gasteiger partial charge in [0.1, 0.15) is 0 Å². The number of piperazine rings is 1. The Hall–Kier alpha value is -2.43. The van der Waals surface area contributed by atoms with Gasteiger partial charge < -0.3 is 4.90 Å². The van der Waals surface area contributed by atoms with Gasteiger partial charge in [0, 0.05) is 44.8 Å². The summed E-state index contributed by atoms with van der Waals surface area (Å²) in [5.74, 6) is 0.350. The number of carbonyl (C=O) groups is 1. The van der Waals surface area contributed by atoms with Crippen molar-refractivity contribution in [1.29, 1.82) is 0 Å². The third-order valence-corrected chi connectivity index (χ3v) is 10.0. The van der Waals surface area contributed by atoms with Crippen molar-refractivity contribution >= 4 is 31.5 Å². The van der Waals surface area contributed by atoms with E-state index in [-0.39, 0.29) is 28.4 Å². The fraction of sp³-hybridized carbons (Fsp3) is 0.435. The van der Waals surface area contributed by atoms with E-state index >= 15 is 0 Å². The Kier molecular flexibility index (Phi) is 6.52. The van der Waals surface area contributed by atoms with E-state index in [1.165, 1.54) is 11.4 Å². The molecule has 2 saturated heterocycles. The summed E-state index contributed by atoms with van der Waals surface area (Å²) < 4.78 is 50.5. The highest BCUT2D eigenvalue weighted by Crippen LogP contribution is 2.24. The summed E-state index contributed by atoms with van der Waals surface area (Å²) in [4.78, 5) is 17.1. The summed E-state index contributed by atoms with van der Waals surface area (Å²) in [6, 6.07) is 13.3. The molecule has 2 aromatic carbocycles. The fourth-order valence-electron chi connectivity index (χ4n) is 4.36. The molecule has 0 saturated carbocycles. The Morgan fingerprint density at radius 3 is 2.12 bits per heavy atom. The molecule has 178 valence electrons. The number of amides is 1. The number of rotatable bonds is 5. The second-order valence-corrected chi connectivity index (χ2v) is 12.9. The Bertz CT molecular complexity index is 1220. The largest absolute Gasteiger partial charge is 0.336 e. The third-order valence-electron chi connectivity index (χ3n) is 6.48. The molecule has 2 fully saturated rings. The number of aryl methyl sites for hydroxylation is 1. The Morgan fingerprint density at radius 1 is 0.970 bits per heavy atom. The maximum atomic E-state index is 12.9. The number of sulfonamides is 1. The van der Waals surface area contributed by atoms with Crippen molar-refractivity contribution in [3.63, 3.8) is 0 Å². The van der Waals surface area contributed by atoms with E-state index in [0.717, 1.165) is 5.56 Å². The molecule has 2 aliphatic heterocycles. The van der Waals surface area contributed by atoms with Gasteiger partial charge in [0.15, 0.2) is 9.84 Å². The van der Waals surface area contributed by atoms with Gasteiger partial charge in [-0.1, -0.05) is 17.7 Å². The van der Waals surface area contributed by atoms with Crippen molar-refractivity contribution in [3.8, 4) is 0 Å². The van der Waals surface area contributed by atoms with Gasteiger partial charge >= 0.3 is 0 Å². The van der Waals surface area contributed by atoms with Crippen LogP contribution in [0.4, 0.5) is 5.69 Å². The molecule has 0 bridgehead atoms. The highest BCUT2D eigenvalue weighted by atomic mass is 32.2. The zero-order chi connectivity index (χ0) is 23.8. The molecule has 2 heterocycles. The second-order valence-electron chi connectivity index (χ2n) is 8.72. The average Bonchev–Trinajstić information content (AvgIpc) is 3.18. The average molecular weight is 492 g/mol. The summed E-state index contributed by atoms with van der Waals surface area (Å²) in [7, 11) is -5.13. The van der Waals surface area contributed by atoms with Crippen molar-refractivity contribution in [3.05, 3.63) is 59.7 Å². The van der Waals surface area contributed by atoms with E-state index in [2.05, 4.69) is 4.90 Å². The van der Waals surface area contributed by atoms with Gasteiger partial charge in [-0.2, -0.15) is 0 Å². The smallest absolute Gasteiger partial charge is 0.264 e. The van der Waals surface area contributed by atoms with Gasteiger partial charge in [0.2, 0.25) is 0 Å². The monoisotopic (exact) mass is 491 g/mol. The van der Waals surface area contributed by atoms with E-state index in [1.54, 1.807) is 53.4 Å². The molecule has 0 aliphatic carbocycles. The van der Waals surface area contributed by atoms with Crippen LogP contribution in [0, 0.1) is 6.92 Å². The molecular weight excluding hydrogens is 462 g/mol. The highest BCUT2D eigenvalue weighted by Gasteiger charge is 2.34. The van der Waals surface area contributed by atoms with Crippen LogP contribution >= 0.6 is 0 Å². The molecule has 1 amide bonds. The number of sulfone groups is 1. The minimum Gasteiger partial charge on any atom is -0.336 e. The van der Waals surface area contributed by atoms with Gasteiger partial charge in [0.05, 0.1) is 22.1 Å². The van der Waals surface area contributed by atoms with Gasteiger partial charge in [-0.25, -0.2) is 16.8 Å². The Morgan fingerprint density at radius 2 is 1.58 bits per heavy atom. The topological polar surface area (TPSA) is 95.1 Å². The first-order chi connectivity index (χ1) is 15.6. The lowest BCUT2D eigenvalue weighted by molar-refractivity contribution is 0.0588. The molecule has 33 heavy (non-hydrogen) atoms. The van der Waals surface area contributed by atoms with E-state index in [9.17, 15) is 21.6 Å². The number of carbonyl (C=O) groups excluding carboxylic acids is 1. The third kappa shape index (κ3) is 5.07. The summed E-state index contributed by atoms with van der Waals surface area (Å²) in [6.45, 7) is 4.29. The highest BCUT2D eigenvalue weighted by molar-refractivity contribution is 7.92. The molecule has 1 atom stereocenters. The first-order valence-electron chi connectivity index (χ1n) is 11.0. The van der Waals surface area contributed by atoms with Crippen molar-refractivity contribution < 1.29 is 21.6 Å². The molecule has 4 rings (SSSR count). The fourth-order valence-corrected chi connectivity index (χ4v) is 7.31. The molecule has 0 radical (unpaired) electrons. The predicted octanol–water partition coefficient (Wildman–Crippen LogP) is 1.77. The molecule has 0 spiro atoms. The van der Waals surface area contributed by atoms with Crippen LogP contribution in [0.25, 0.3) is 0 Å². The van der Waals surface area contributed by atoms with Crippen molar-refractivity contribution in [2.24, 2.45) is 0 Å². The minimum absolute atomic E-state index is 0.0533. The normalized spacial score (nSPS) is 21.2. The predicted molar refractivity (Wildman–Crippen MR) is 128 cm³/mol. The number of hydrogen-bond donors (Lipinski definition) is 0. The van der Waals surface area contributed by atoms with Crippen molar-refractivity contribution in [2.75, 3.05) is 49.0 Å². The summed E-state index contributed by atoms with van der Waals surface area (Å²) >= 11 is 0. The van der Waals surface area contributed by atoms with Crippen LogP contribution in [0.2, 0.25) is 0 Å². The molecule has 10 heteroatoms. The molecule has 0 aromatic heterocycles. The van der Waals surface area contributed by atoms with Crippen molar-refractivity contribution in [1.82, 2.24) is 9.80 Å². The summed E-state index contributed by atoms with van der Waals surface area (Å²) in [5.41, 5.74) is 1.95. The van der Waals surface area contributed by atoms with Gasteiger partial charge in [-0.05, 0) is 49.7 Å². The van der Waals surface area contributed by atoms with Crippen LogP contribution in [-0.4, -0.2) is 83.3 Å². The van der Waals surface area contributed by atoms with Gasteiger partial charge in [0.25, 0.3) is 15.9 Å². The molecule has 0 N–H and O–H groups in total. The number of benzene rings is 2. The Labute approximate surface area is 195 Å². The van der Waals surface area contributed by atoms with Crippen LogP contribution in [-0.2, 0) is 19.9 Å². The van der Waals surface area contributed by atoms with Crippen LogP contribution < -0.4 is 4.31 Å². The molecule has 2 aliphatic rings. The zero-order valence-corrected chi connectivity index (χ0v) is 20.5. The second kappa shape index (κ2) is 9.08. The van der Waals surface area contributed by atoms with E-state index < -0.39 is 19.9 Å². The summed E-state index contributed by atoms with van der Waals surface area (Å²) in [6.07, 6.45) is 0.663. The van der Waals surface area contributed by atoms with Crippen molar-refractivity contribution in [2.45, 2.75) is 24.3 Å². The number of nitrogens with zero attached hydrogens (tertiary/aromatic N) is 3. The van der Waals surface area contributed by atoms with E-state index in [1.807, 2.05) is 6.92 Å². The molecular formula is C23H29N3O5S2. The first kappa shape index (κ1) is 23.7. The molecule has 0 unspecified atom stereocenters. The number of anilines is 1. The lowest BCUT2D eigenvalue weighted by atomic mass is 10.1. The Balaban J connectivity index is 1.39. The summed E-state index contributed by atoms with van der Waals surface area (Å²) in [5, 5.41) is 0. The van der Waals surface area contributed by atoms with Crippen LogP contribution in [0.1, 0.15) is 22.3 Å². The van der Waals surface area contributed by atoms with Crippen LogP contribution in [0.3, 0.4) is 0 Å².